The molecule has 136 valence electrons. The summed E-state index contributed by atoms with van der Waals surface area (Å²) < 4.78 is 0. The van der Waals surface area contributed by atoms with Gasteiger partial charge in [0.25, 0.3) is 5.91 Å². The highest BCUT2D eigenvalue weighted by Crippen LogP contribution is 2.23. The second kappa shape index (κ2) is 9.51. The quantitative estimate of drug-likeness (QED) is 0.557. The number of carbonyl (C=O) groups is 1. The Bertz CT molecular complexity index is 794. The number of carbonyl (C=O) groups excluding carboxylic acids is 1. The summed E-state index contributed by atoms with van der Waals surface area (Å²) in [5, 5.41) is 8.18. The molecule has 0 saturated carbocycles. The van der Waals surface area contributed by atoms with Crippen LogP contribution in [0, 0.1) is 11.8 Å². The Labute approximate surface area is 155 Å². The molecule has 2 N–H and O–H groups in total. The molecular formula is C21H26N4O. The van der Waals surface area contributed by atoms with E-state index in [1.807, 2.05) is 62.5 Å². The maximum atomic E-state index is 12.2. The molecule has 0 atom stereocenters. The molecule has 0 saturated heterocycles. The predicted molar refractivity (Wildman–Crippen MR) is 110 cm³/mol. The molecule has 5 nitrogen and oxygen atoms in total. The minimum atomic E-state index is -0.223. The molecule has 0 aliphatic carbocycles. The van der Waals surface area contributed by atoms with Crippen molar-refractivity contribution in [3.8, 4) is 11.1 Å². The first-order valence-electron chi connectivity index (χ1n) is 8.79. The van der Waals surface area contributed by atoms with E-state index in [1.165, 1.54) is 0 Å². The standard InChI is InChI=1S/C21H26N4O/c1-15(2)13-22-24-20-10-6-8-18(12-20)17-7-5-9-19(11-17)21(26)25-23-14-16(3)4/h5-16,24H,1-4H3,(H,25,26)/b22-13+,23-14+. The lowest BCUT2D eigenvalue weighted by Gasteiger charge is -2.07. The third kappa shape index (κ3) is 6.16. The predicted octanol–water partition coefficient (Wildman–Crippen LogP) is 4.78. The summed E-state index contributed by atoms with van der Waals surface area (Å²) >= 11 is 0. The van der Waals surface area contributed by atoms with Crippen LogP contribution in [-0.4, -0.2) is 18.3 Å². The molecule has 0 aromatic heterocycles. The van der Waals surface area contributed by atoms with Gasteiger partial charge in [0, 0.05) is 18.0 Å². The van der Waals surface area contributed by atoms with Gasteiger partial charge in [-0.1, -0.05) is 52.0 Å². The van der Waals surface area contributed by atoms with Gasteiger partial charge in [-0.15, -0.1) is 0 Å². The molecule has 0 unspecified atom stereocenters. The van der Waals surface area contributed by atoms with Gasteiger partial charge in [-0.25, -0.2) is 5.43 Å². The molecule has 2 aromatic carbocycles. The van der Waals surface area contributed by atoms with Crippen molar-refractivity contribution in [2.75, 3.05) is 5.43 Å². The summed E-state index contributed by atoms with van der Waals surface area (Å²) in [6.45, 7) is 8.15. The number of benzene rings is 2. The highest BCUT2D eigenvalue weighted by molar-refractivity contribution is 5.95. The molecule has 1 amide bonds. The number of hydrogen-bond donors (Lipinski definition) is 2. The normalized spacial score (nSPS) is 11.6. The topological polar surface area (TPSA) is 65.8 Å². The maximum Gasteiger partial charge on any atom is 0.271 e. The van der Waals surface area contributed by atoms with Gasteiger partial charge in [0.2, 0.25) is 0 Å². The maximum absolute atomic E-state index is 12.2. The third-order valence-electron chi connectivity index (χ3n) is 3.43. The molecule has 0 fully saturated rings. The van der Waals surface area contributed by atoms with Crippen molar-refractivity contribution in [1.82, 2.24) is 5.43 Å². The fourth-order valence-electron chi connectivity index (χ4n) is 2.18. The number of nitrogens with zero attached hydrogens (tertiary/aromatic N) is 2. The zero-order chi connectivity index (χ0) is 18.9. The lowest BCUT2D eigenvalue weighted by Crippen LogP contribution is -2.18. The van der Waals surface area contributed by atoms with Gasteiger partial charge in [0.15, 0.2) is 0 Å². The van der Waals surface area contributed by atoms with E-state index in [0.717, 1.165) is 16.8 Å². The van der Waals surface area contributed by atoms with Gasteiger partial charge in [0.05, 0.1) is 5.69 Å². The van der Waals surface area contributed by atoms with E-state index in [-0.39, 0.29) is 11.8 Å². The van der Waals surface area contributed by atoms with Gasteiger partial charge >= 0.3 is 0 Å². The zero-order valence-corrected chi connectivity index (χ0v) is 15.7. The van der Waals surface area contributed by atoms with Crippen molar-refractivity contribution in [2.24, 2.45) is 22.0 Å². The summed E-state index contributed by atoms with van der Waals surface area (Å²) in [6, 6.07) is 15.4. The molecule has 0 radical (unpaired) electrons. The van der Waals surface area contributed by atoms with E-state index in [1.54, 1.807) is 12.3 Å². The van der Waals surface area contributed by atoms with Gasteiger partial charge in [-0.05, 0) is 47.2 Å². The molecule has 0 aliphatic rings. The first kappa shape index (κ1) is 19.4. The highest BCUT2D eigenvalue weighted by Gasteiger charge is 2.07. The van der Waals surface area contributed by atoms with E-state index >= 15 is 0 Å². The Morgan fingerprint density at radius 1 is 0.885 bits per heavy atom. The summed E-state index contributed by atoms with van der Waals surface area (Å²) in [5.74, 6) is 0.453. The number of nitrogens with one attached hydrogen (secondary N) is 2. The van der Waals surface area contributed by atoms with Gasteiger partial charge < -0.3 is 0 Å². The lowest BCUT2D eigenvalue weighted by atomic mass is 10.0. The minimum absolute atomic E-state index is 0.223. The average molecular weight is 350 g/mol. The van der Waals surface area contributed by atoms with E-state index < -0.39 is 0 Å². The van der Waals surface area contributed by atoms with Crippen LogP contribution >= 0.6 is 0 Å². The molecule has 26 heavy (non-hydrogen) atoms. The van der Waals surface area contributed by atoms with Crippen molar-refractivity contribution < 1.29 is 4.79 Å². The molecule has 2 rings (SSSR count). The summed E-state index contributed by atoms with van der Waals surface area (Å²) in [6.07, 6.45) is 3.56. The fraction of sp³-hybridized carbons (Fsp3) is 0.286. The number of hydrogen-bond acceptors (Lipinski definition) is 4. The van der Waals surface area contributed by atoms with Crippen LogP contribution in [0.3, 0.4) is 0 Å². The van der Waals surface area contributed by atoms with E-state index in [9.17, 15) is 4.79 Å². The number of rotatable bonds is 7. The van der Waals surface area contributed by atoms with Crippen LogP contribution in [0.15, 0.2) is 58.7 Å². The van der Waals surface area contributed by atoms with Crippen molar-refractivity contribution in [2.45, 2.75) is 27.7 Å². The Morgan fingerprint density at radius 2 is 1.50 bits per heavy atom. The van der Waals surface area contributed by atoms with Crippen LogP contribution < -0.4 is 10.9 Å². The molecule has 0 aliphatic heterocycles. The molecule has 0 bridgehead atoms. The van der Waals surface area contributed by atoms with Crippen LogP contribution in [-0.2, 0) is 0 Å². The Kier molecular flexibility index (Phi) is 7.09. The van der Waals surface area contributed by atoms with E-state index in [4.69, 9.17) is 0 Å². The van der Waals surface area contributed by atoms with Crippen LogP contribution in [0.4, 0.5) is 5.69 Å². The van der Waals surface area contributed by atoms with Crippen LogP contribution in [0.2, 0.25) is 0 Å². The van der Waals surface area contributed by atoms with Crippen molar-refractivity contribution in [3.05, 3.63) is 54.1 Å². The largest absolute Gasteiger partial charge is 0.279 e. The summed E-state index contributed by atoms with van der Waals surface area (Å²) in [7, 11) is 0. The first-order chi connectivity index (χ1) is 12.5. The third-order valence-corrected chi connectivity index (χ3v) is 3.43. The highest BCUT2D eigenvalue weighted by atomic mass is 16.2. The zero-order valence-electron chi connectivity index (χ0n) is 15.7. The van der Waals surface area contributed by atoms with Crippen molar-refractivity contribution >= 4 is 24.0 Å². The van der Waals surface area contributed by atoms with Crippen LogP contribution in [0.5, 0.6) is 0 Å². The Morgan fingerprint density at radius 3 is 2.19 bits per heavy atom. The molecular weight excluding hydrogens is 324 g/mol. The first-order valence-corrected chi connectivity index (χ1v) is 8.79. The average Bonchev–Trinajstić information content (AvgIpc) is 2.61. The second-order valence-corrected chi connectivity index (χ2v) is 6.76. The van der Waals surface area contributed by atoms with Crippen molar-refractivity contribution in [1.29, 1.82) is 0 Å². The van der Waals surface area contributed by atoms with Crippen molar-refractivity contribution in [3.63, 3.8) is 0 Å². The SMILES string of the molecule is CC(C)/C=N/NC(=O)c1cccc(-c2cccc(N/N=C/C(C)C)c2)c1. The minimum Gasteiger partial charge on any atom is -0.279 e. The van der Waals surface area contributed by atoms with Crippen LogP contribution in [0.25, 0.3) is 11.1 Å². The van der Waals surface area contributed by atoms with E-state index in [2.05, 4.69) is 34.9 Å². The summed E-state index contributed by atoms with van der Waals surface area (Å²) in [5.41, 5.74) is 9.03. The van der Waals surface area contributed by atoms with Gasteiger partial charge in [0.1, 0.15) is 0 Å². The second-order valence-electron chi connectivity index (χ2n) is 6.76. The Balaban J connectivity index is 2.15. The fourth-order valence-corrected chi connectivity index (χ4v) is 2.18. The summed E-state index contributed by atoms with van der Waals surface area (Å²) in [4.78, 5) is 12.2. The number of hydrazone groups is 2. The Hall–Kier alpha value is -2.95. The smallest absolute Gasteiger partial charge is 0.271 e. The molecule has 5 heteroatoms. The van der Waals surface area contributed by atoms with Crippen LogP contribution in [0.1, 0.15) is 38.1 Å². The number of anilines is 1. The molecule has 0 spiro atoms. The monoisotopic (exact) mass is 350 g/mol. The van der Waals surface area contributed by atoms with Gasteiger partial charge in [-0.2, -0.15) is 10.2 Å². The van der Waals surface area contributed by atoms with Gasteiger partial charge in [-0.3, -0.25) is 10.2 Å². The van der Waals surface area contributed by atoms with E-state index in [0.29, 0.717) is 11.5 Å². The molecule has 0 heterocycles. The number of amides is 1. The molecule has 2 aromatic rings. The lowest BCUT2D eigenvalue weighted by molar-refractivity contribution is 0.0955.